The van der Waals surface area contributed by atoms with Crippen LogP contribution in [0.5, 0.6) is 0 Å². The van der Waals surface area contributed by atoms with Gasteiger partial charge in [0.1, 0.15) is 4.88 Å². The van der Waals surface area contributed by atoms with E-state index in [-0.39, 0.29) is 18.5 Å². The van der Waals surface area contributed by atoms with Crippen LogP contribution in [-0.2, 0) is 4.79 Å². The van der Waals surface area contributed by atoms with E-state index in [1.165, 1.54) is 11.5 Å². The quantitative estimate of drug-likeness (QED) is 0.938. The second-order valence-corrected chi connectivity index (χ2v) is 6.67. The zero-order valence-corrected chi connectivity index (χ0v) is 13.6. The van der Waals surface area contributed by atoms with Crippen LogP contribution in [0.4, 0.5) is 0 Å². The molecule has 2 unspecified atom stereocenters. The predicted molar refractivity (Wildman–Crippen MR) is 88.4 cm³/mol. The van der Waals surface area contributed by atoms with E-state index in [2.05, 4.69) is 4.37 Å². The standard InChI is InChI=1S/C17H18N2O3S/c1-11-7-8-13(17(21)22)10-19(11)16(20)15-9-14(18-23-15)12-5-3-2-4-6-12/h2-6,9,11,13H,7-8,10H2,1H3,(H,21,22). The fourth-order valence-electron chi connectivity index (χ4n) is 2.85. The Morgan fingerprint density at radius 1 is 1.26 bits per heavy atom. The second-order valence-electron chi connectivity index (χ2n) is 5.86. The van der Waals surface area contributed by atoms with Crippen molar-refractivity contribution in [2.75, 3.05) is 6.54 Å². The molecule has 120 valence electrons. The summed E-state index contributed by atoms with van der Waals surface area (Å²) >= 11 is 1.17. The normalized spacial score (nSPS) is 21.2. The number of aliphatic carboxylic acids is 1. The van der Waals surface area contributed by atoms with Crippen molar-refractivity contribution < 1.29 is 14.7 Å². The van der Waals surface area contributed by atoms with Crippen molar-refractivity contribution in [2.45, 2.75) is 25.8 Å². The zero-order chi connectivity index (χ0) is 16.4. The number of hydrogen-bond donors (Lipinski definition) is 1. The number of aromatic nitrogens is 1. The second kappa shape index (κ2) is 6.50. The molecule has 5 nitrogen and oxygen atoms in total. The third kappa shape index (κ3) is 3.27. The summed E-state index contributed by atoms with van der Waals surface area (Å²) < 4.78 is 4.36. The first-order valence-corrected chi connectivity index (χ1v) is 8.39. The molecule has 1 aliphatic rings. The minimum atomic E-state index is -0.830. The lowest BCUT2D eigenvalue weighted by Gasteiger charge is -2.36. The molecule has 2 aromatic rings. The Bertz CT molecular complexity index is 714. The zero-order valence-electron chi connectivity index (χ0n) is 12.8. The monoisotopic (exact) mass is 330 g/mol. The number of nitrogens with zero attached hydrogens (tertiary/aromatic N) is 2. The minimum absolute atomic E-state index is 0.0559. The summed E-state index contributed by atoms with van der Waals surface area (Å²) in [6.07, 6.45) is 1.34. The van der Waals surface area contributed by atoms with Crippen LogP contribution in [0.15, 0.2) is 36.4 Å². The van der Waals surface area contributed by atoms with E-state index in [0.717, 1.165) is 11.3 Å². The molecule has 2 atom stereocenters. The van der Waals surface area contributed by atoms with E-state index >= 15 is 0 Å². The fraction of sp³-hybridized carbons (Fsp3) is 0.353. The smallest absolute Gasteiger partial charge is 0.308 e. The van der Waals surface area contributed by atoms with Gasteiger partial charge in [-0.15, -0.1) is 0 Å². The maximum atomic E-state index is 12.7. The van der Waals surface area contributed by atoms with E-state index in [9.17, 15) is 14.7 Å². The van der Waals surface area contributed by atoms with Crippen molar-refractivity contribution in [3.05, 3.63) is 41.3 Å². The molecule has 0 spiro atoms. The molecule has 1 aromatic carbocycles. The number of rotatable bonds is 3. The van der Waals surface area contributed by atoms with Crippen LogP contribution in [0.25, 0.3) is 11.3 Å². The third-order valence-corrected chi connectivity index (χ3v) is 5.06. The topological polar surface area (TPSA) is 70.5 Å². The lowest BCUT2D eigenvalue weighted by molar-refractivity contribution is -0.143. The molecule has 6 heteroatoms. The first-order chi connectivity index (χ1) is 11.1. The highest BCUT2D eigenvalue weighted by Crippen LogP contribution is 2.27. The van der Waals surface area contributed by atoms with Gasteiger partial charge in [-0.25, -0.2) is 0 Å². The summed E-state index contributed by atoms with van der Waals surface area (Å²) in [4.78, 5) is 26.2. The summed E-state index contributed by atoms with van der Waals surface area (Å²) in [5.41, 5.74) is 1.75. The molecule has 0 radical (unpaired) electrons. The van der Waals surface area contributed by atoms with Gasteiger partial charge in [-0.2, -0.15) is 4.37 Å². The van der Waals surface area contributed by atoms with Gasteiger partial charge in [-0.3, -0.25) is 9.59 Å². The molecule has 3 rings (SSSR count). The van der Waals surface area contributed by atoms with E-state index in [1.54, 1.807) is 11.0 Å². The van der Waals surface area contributed by atoms with Gasteiger partial charge in [0.05, 0.1) is 11.6 Å². The van der Waals surface area contributed by atoms with Gasteiger partial charge in [-0.05, 0) is 37.4 Å². The number of hydrogen-bond acceptors (Lipinski definition) is 4. The summed E-state index contributed by atoms with van der Waals surface area (Å²) in [6.45, 7) is 2.24. The number of carbonyl (C=O) groups is 2. The third-order valence-electron chi connectivity index (χ3n) is 4.28. The molecule has 1 aliphatic heterocycles. The molecule has 1 saturated heterocycles. The van der Waals surface area contributed by atoms with Crippen molar-refractivity contribution in [3.63, 3.8) is 0 Å². The van der Waals surface area contributed by atoms with Crippen LogP contribution in [0.1, 0.15) is 29.4 Å². The van der Waals surface area contributed by atoms with Gasteiger partial charge in [0.15, 0.2) is 0 Å². The molecular weight excluding hydrogens is 312 g/mol. The number of carboxylic acid groups (broad SMARTS) is 1. The van der Waals surface area contributed by atoms with Crippen LogP contribution < -0.4 is 0 Å². The van der Waals surface area contributed by atoms with Gasteiger partial charge in [0.2, 0.25) is 0 Å². The van der Waals surface area contributed by atoms with Crippen LogP contribution in [-0.4, -0.2) is 38.8 Å². The number of carboxylic acids is 1. The van der Waals surface area contributed by atoms with Gasteiger partial charge in [0.25, 0.3) is 5.91 Å². The Morgan fingerprint density at radius 3 is 2.70 bits per heavy atom. The maximum Gasteiger partial charge on any atom is 0.308 e. The van der Waals surface area contributed by atoms with Gasteiger partial charge in [-0.1, -0.05) is 30.3 Å². The van der Waals surface area contributed by atoms with Crippen molar-refractivity contribution in [2.24, 2.45) is 5.92 Å². The first-order valence-electron chi connectivity index (χ1n) is 7.62. The largest absolute Gasteiger partial charge is 0.481 e. The number of likely N-dealkylation sites (tertiary alicyclic amines) is 1. The average molecular weight is 330 g/mol. The average Bonchev–Trinajstić information content (AvgIpc) is 3.05. The lowest BCUT2D eigenvalue weighted by atomic mass is 9.93. The van der Waals surface area contributed by atoms with Crippen molar-refractivity contribution in [1.82, 2.24) is 9.27 Å². The predicted octanol–water partition coefficient (Wildman–Crippen LogP) is 3.14. The van der Waals surface area contributed by atoms with Crippen molar-refractivity contribution >= 4 is 23.4 Å². The van der Waals surface area contributed by atoms with Crippen LogP contribution in [0.3, 0.4) is 0 Å². The Morgan fingerprint density at radius 2 is 2.00 bits per heavy atom. The fourth-order valence-corrected chi connectivity index (χ4v) is 3.57. The van der Waals surface area contributed by atoms with Gasteiger partial charge >= 0.3 is 5.97 Å². The molecule has 0 bridgehead atoms. The molecule has 1 amide bonds. The number of carbonyl (C=O) groups excluding carboxylic acids is 1. The first kappa shape index (κ1) is 15.7. The van der Waals surface area contributed by atoms with Crippen LogP contribution in [0, 0.1) is 5.92 Å². The lowest BCUT2D eigenvalue weighted by Crippen LogP contribution is -2.47. The molecule has 2 heterocycles. The highest BCUT2D eigenvalue weighted by atomic mass is 32.1. The van der Waals surface area contributed by atoms with Crippen LogP contribution in [0.2, 0.25) is 0 Å². The van der Waals surface area contributed by atoms with Gasteiger partial charge in [0, 0.05) is 18.2 Å². The van der Waals surface area contributed by atoms with E-state index in [0.29, 0.717) is 17.7 Å². The summed E-state index contributed by atoms with van der Waals surface area (Å²) in [7, 11) is 0. The highest BCUT2D eigenvalue weighted by Gasteiger charge is 2.33. The molecule has 0 aliphatic carbocycles. The molecule has 0 saturated carbocycles. The Hall–Kier alpha value is -2.21. The summed E-state index contributed by atoms with van der Waals surface area (Å²) in [6, 6.07) is 11.5. The number of benzene rings is 1. The molecule has 1 N–H and O–H groups in total. The summed E-state index contributed by atoms with van der Waals surface area (Å²) in [5.74, 6) is -1.43. The Labute approximate surface area is 138 Å². The van der Waals surface area contributed by atoms with Crippen LogP contribution >= 0.6 is 11.5 Å². The summed E-state index contributed by atoms with van der Waals surface area (Å²) in [5, 5.41) is 9.20. The number of amides is 1. The maximum absolute atomic E-state index is 12.7. The van der Waals surface area contributed by atoms with E-state index in [1.807, 2.05) is 37.3 Å². The van der Waals surface area contributed by atoms with E-state index < -0.39 is 11.9 Å². The molecule has 1 fully saturated rings. The highest BCUT2D eigenvalue weighted by molar-refractivity contribution is 7.08. The van der Waals surface area contributed by atoms with Gasteiger partial charge < -0.3 is 10.0 Å². The van der Waals surface area contributed by atoms with Crippen molar-refractivity contribution in [1.29, 1.82) is 0 Å². The van der Waals surface area contributed by atoms with E-state index in [4.69, 9.17) is 0 Å². The number of piperidine rings is 1. The SMILES string of the molecule is CC1CCC(C(=O)O)CN1C(=O)c1cc(-c2ccccc2)ns1. The molecule has 23 heavy (non-hydrogen) atoms. The molecule has 1 aromatic heterocycles. The Kier molecular flexibility index (Phi) is 4.43. The Balaban J connectivity index is 1.80. The minimum Gasteiger partial charge on any atom is -0.481 e. The van der Waals surface area contributed by atoms with Crippen molar-refractivity contribution in [3.8, 4) is 11.3 Å². The molecular formula is C17H18N2O3S.